The minimum atomic E-state index is -0.185. The van der Waals surface area contributed by atoms with Gasteiger partial charge in [-0.1, -0.05) is 6.07 Å². The number of hydrogen-bond acceptors (Lipinski definition) is 6. The van der Waals surface area contributed by atoms with Crippen molar-refractivity contribution in [3.8, 4) is 23.0 Å². The number of hydrogen-bond donors (Lipinski definition) is 1. The van der Waals surface area contributed by atoms with Crippen molar-refractivity contribution in [2.24, 2.45) is 0 Å². The van der Waals surface area contributed by atoms with Crippen LogP contribution in [0.1, 0.15) is 11.1 Å². The fourth-order valence-corrected chi connectivity index (χ4v) is 2.70. The van der Waals surface area contributed by atoms with Gasteiger partial charge >= 0.3 is 0 Å². The zero-order valence-electron chi connectivity index (χ0n) is 17.0. The number of nitrogens with one attached hydrogen (secondary N) is 1. The third-order valence-corrected chi connectivity index (χ3v) is 4.05. The van der Waals surface area contributed by atoms with Crippen molar-refractivity contribution in [3.05, 3.63) is 41.5 Å². The summed E-state index contributed by atoms with van der Waals surface area (Å²) < 4.78 is 26.7. The monoisotopic (exact) mass is 389 g/mol. The molecule has 152 valence electrons. The molecular formula is C21H27NO6. The van der Waals surface area contributed by atoms with Crippen molar-refractivity contribution < 1.29 is 28.5 Å². The molecule has 0 unspecified atom stereocenters. The molecule has 0 bridgehead atoms. The topological polar surface area (TPSA) is 75.3 Å². The van der Waals surface area contributed by atoms with E-state index in [0.717, 1.165) is 11.1 Å². The van der Waals surface area contributed by atoms with E-state index < -0.39 is 0 Å². The number of methoxy groups -OCH3 is 4. The first-order chi connectivity index (χ1) is 13.5. The lowest BCUT2D eigenvalue weighted by Crippen LogP contribution is -2.16. The van der Waals surface area contributed by atoms with Crippen LogP contribution in [0, 0.1) is 6.92 Å². The minimum absolute atomic E-state index is 0.141. The SMILES string of the molecule is COCCOc1cc(C)ccc1NC(=O)Cc1cc(OC)c(OC)c(OC)c1. The Morgan fingerprint density at radius 3 is 2.14 bits per heavy atom. The lowest BCUT2D eigenvalue weighted by atomic mass is 10.1. The third kappa shape index (κ3) is 5.53. The standard InChI is InChI=1S/C21H27NO6/c1-14-6-7-16(17(10-14)28-9-8-24-2)22-20(23)13-15-11-18(25-3)21(27-5)19(12-15)26-4/h6-7,10-12H,8-9,13H2,1-5H3,(H,22,23). The van der Waals surface area contributed by atoms with Gasteiger partial charge in [0, 0.05) is 7.11 Å². The van der Waals surface area contributed by atoms with Crippen LogP contribution < -0.4 is 24.3 Å². The number of benzene rings is 2. The lowest BCUT2D eigenvalue weighted by molar-refractivity contribution is -0.115. The van der Waals surface area contributed by atoms with E-state index in [9.17, 15) is 4.79 Å². The molecule has 7 heteroatoms. The van der Waals surface area contributed by atoms with Gasteiger partial charge in [0.2, 0.25) is 11.7 Å². The van der Waals surface area contributed by atoms with E-state index in [0.29, 0.717) is 41.9 Å². The van der Waals surface area contributed by atoms with E-state index in [1.54, 1.807) is 19.2 Å². The van der Waals surface area contributed by atoms with Crippen LogP contribution in [0.15, 0.2) is 30.3 Å². The van der Waals surface area contributed by atoms with Crippen molar-refractivity contribution >= 4 is 11.6 Å². The molecule has 0 aromatic heterocycles. The summed E-state index contributed by atoms with van der Waals surface area (Å²) in [7, 11) is 6.23. The van der Waals surface area contributed by atoms with E-state index >= 15 is 0 Å². The zero-order valence-corrected chi connectivity index (χ0v) is 17.0. The Labute approximate surface area is 165 Å². The normalized spacial score (nSPS) is 10.3. The minimum Gasteiger partial charge on any atom is -0.493 e. The highest BCUT2D eigenvalue weighted by molar-refractivity contribution is 5.94. The van der Waals surface area contributed by atoms with Crippen molar-refractivity contribution in [2.75, 3.05) is 47.0 Å². The van der Waals surface area contributed by atoms with Gasteiger partial charge in [-0.25, -0.2) is 0 Å². The molecule has 7 nitrogen and oxygen atoms in total. The number of carbonyl (C=O) groups excluding carboxylic acids is 1. The van der Waals surface area contributed by atoms with Gasteiger partial charge in [-0.2, -0.15) is 0 Å². The fourth-order valence-electron chi connectivity index (χ4n) is 2.70. The Kier molecular flexibility index (Phi) is 7.95. The summed E-state index contributed by atoms with van der Waals surface area (Å²) in [5.74, 6) is 1.92. The molecule has 0 saturated heterocycles. The molecule has 2 aromatic rings. The smallest absolute Gasteiger partial charge is 0.228 e. The Morgan fingerprint density at radius 1 is 0.893 bits per heavy atom. The van der Waals surface area contributed by atoms with Crippen LogP contribution in [0.2, 0.25) is 0 Å². The predicted octanol–water partition coefficient (Wildman–Crippen LogP) is 3.23. The average Bonchev–Trinajstić information content (AvgIpc) is 2.69. The number of anilines is 1. The molecule has 28 heavy (non-hydrogen) atoms. The van der Waals surface area contributed by atoms with Gasteiger partial charge in [0.1, 0.15) is 12.4 Å². The first kappa shape index (κ1) is 21.4. The Balaban J connectivity index is 2.16. The van der Waals surface area contributed by atoms with Gasteiger partial charge in [-0.3, -0.25) is 4.79 Å². The molecule has 1 N–H and O–H groups in total. The summed E-state index contributed by atoms with van der Waals surface area (Å²) >= 11 is 0. The molecule has 0 fully saturated rings. The van der Waals surface area contributed by atoms with Gasteiger partial charge in [0.05, 0.1) is 40.0 Å². The van der Waals surface area contributed by atoms with Crippen LogP contribution >= 0.6 is 0 Å². The van der Waals surface area contributed by atoms with E-state index in [1.165, 1.54) is 21.3 Å². The maximum absolute atomic E-state index is 12.6. The number of rotatable bonds is 10. The van der Waals surface area contributed by atoms with Crippen molar-refractivity contribution in [3.63, 3.8) is 0 Å². The van der Waals surface area contributed by atoms with E-state index in [4.69, 9.17) is 23.7 Å². The Morgan fingerprint density at radius 2 is 1.57 bits per heavy atom. The van der Waals surface area contributed by atoms with Crippen molar-refractivity contribution in [1.29, 1.82) is 0 Å². The van der Waals surface area contributed by atoms with Crippen LogP contribution in [0.3, 0.4) is 0 Å². The summed E-state index contributed by atoms with van der Waals surface area (Å²) in [6.07, 6.45) is 0.141. The second-order valence-electron chi connectivity index (χ2n) is 6.10. The number of aryl methyl sites for hydroxylation is 1. The highest BCUT2D eigenvalue weighted by atomic mass is 16.5. The molecule has 0 aliphatic rings. The highest BCUT2D eigenvalue weighted by Gasteiger charge is 2.16. The lowest BCUT2D eigenvalue weighted by Gasteiger charge is -2.15. The van der Waals surface area contributed by atoms with Gasteiger partial charge in [0.15, 0.2) is 11.5 Å². The summed E-state index contributed by atoms with van der Waals surface area (Å²) in [5, 5.41) is 2.90. The van der Waals surface area contributed by atoms with Crippen LogP contribution in [0.25, 0.3) is 0 Å². The number of ether oxygens (including phenoxy) is 5. The van der Waals surface area contributed by atoms with E-state index in [2.05, 4.69) is 5.32 Å². The molecule has 1 amide bonds. The van der Waals surface area contributed by atoms with Crippen LogP contribution in [0.5, 0.6) is 23.0 Å². The maximum Gasteiger partial charge on any atom is 0.228 e. The molecule has 0 aliphatic heterocycles. The predicted molar refractivity (Wildman–Crippen MR) is 107 cm³/mol. The number of amides is 1. The zero-order chi connectivity index (χ0) is 20.5. The highest BCUT2D eigenvalue weighted by Crippen LogP contribution is 2.38. The molecule has 0 spiro atoms. The summed E-state index contributed by atoms with van der Waals surface area (Å²) in [4.78, 5) is 12.6. The fraction of sp³-hybridized carbons (Fsp3) is 0.381. The van der Waals surface area contributed by atoms with Gasteiger partial charge in [0.25, 0.3) is 0 Å². The third-order valence-electron chi connectivity index (χ3n) is 4.05. The molecule has 0 aliphatic carbocycles. The van der Waals surface area contributed by atoms with Crippen molar-refractivity contribution in [2.45, 2.75) is 13.3 Å². The quantitative estimate of drug-likeness (QED) is 0.629. The van der Waals surface area contributed by atoms with Gasteiger partial charge in [-0.05, 0) is 42.3 Å². The first-order valence-electron chi connectivity index (χ1n) is 8.83. The largest absolute Gasteiger partial charge is 0.493 e. The van der Waals surface area contributed by atoms with Crippen LogP contribution in [-0.4, -0.2) is 47.6 Å². The molecule has 2 aromatic carbocycles. The summed E-state index contributed by atoms with van der Waals surface area (Å²) in [5.41, 5.74) is 2.38. The van der Waals surface area contributed by atoms with Crippen LogP contribution in [0.4, 0.5) is 5.69 Å². The molecular weight excluding hydrogens is 362 g/mol. The van der Waals surface area contributed by atoms with Crippen molar-refractivity contribution in [1.82, 2.24) is 0 Å². The van der Waals surface area contributed by atoms with Gasteiger partial charge in [-0.15, -0.1) is 0 Å². The summed E-state index contributed by atoms with van der Waals surface area (Å²) in [6, 6.07) is 9.13. The average molecular weight is 389 g/mol. The molecule has 0 heterocycles. The second-order valence-corrected chi connectivity index (χ2v) is 6.10. The van der Waals surface area contributed by atoms with E-state index in [1.807, 2.05) is 25.1 Å². The molecule has 0 atom stereocenters. The van der Waals surface area contributed by atoms with Gasteiger partial charge < -0.3 is 29.0 Å². The second kappa shape index (κ2) is 10.4. The Hall–Kier alpha value is -2.93. The summed E-state index contributed by atoms with van der Waals surface area (Å²) in [6.45, 7) is 2.83. The Bertz CT molecular complexity index is 780. The molecule has 0 saturated carbocycles. The first-order valence-corrected chi connectivity index (χ1v) is 8.83. The number of carbonyl (C=O) groups is 1. The molecule has 0 radical (unpaired) electrons. The molecule has 2 rings (SSSR count). The van der Waals surface area contributed by atoms with E-state index in [-0.39, 0.29) is 12.3 Å². The maximum atomic E-state index is 12.6. The van der Waals surface area contributed by atoms with Crippen LogP contribution in [-0.2, 0) is 16.0 Å².